The van der Waals surface area contributed by atoms with Crippen LogP contribution in [-0.4, -0.2) is 0 Å². The molecular formula is C13H18N2. The monoisotopic (exact) mass is 202 g/mol. The van der Waals surface area contributed by atoms with Gasteiger partial charge in [0.15, 0.2) is 0 Å². The molecule has 0 saturated heterocycles. The molecule has 15 heavy (non-hydrogen) atoms. The molecule has 0 rings (SSSR count). The summed E-state index contributed by atoms with van der Waals surface area (Å²) in [6.07, 6.45) is 9.96. The highest BCUT2D eigenvalue weighted by atomic mass is 14.5. The van der Waals surface area contributed by atoms with Gasteiger partial charge in [0.2, 0.25) is 0 Å². The molecule has 0 aliphatic carbocycles. The van der Waals surface area contributed by atoms with E-state index < -0.39 is 0 Å². The Morgan fingerprint density at radius 3 is 2.47 bits per heavy atom. The Bertz CT molecular complexity index is 345. The minimum atomic E-state index is 0.768. The van der Waals surface area contributed by atoms with Crippen molar-refractivity contribution < 1.29 is 0 Å². The minimum absolute atomic E-state index is 0.768. The molecule has 80 valence electrons. The summed E-state index contributed by atoms with van der Waals surface area (Å²) >= 11 is 0. The van der Waals surface area contributed by atoms with Crippen LogP contribution in [0.1, 0.15) is 27.2 Å². The summed E-state index contributed by atoms with van der Waals surface area (Å²) in [6.45, 7) is 5.99. The van der Waals surface area contributed by atoms with E-state index in [2.05, 4.69) is 13.8 Å². The first-order chi connectivity index (χ1) is 7.11. The van der Waals surface area contributed by atoms with Crippen LogP contribution in [0.25, 0.3) is 0 Å². The van der Waals surface area contributed by atoms with Crippen LogP contribution in [0.2, 0.25) is 0 Å². The second kappa shape index (κ2) is 7.64. The number of nitrogens with zero attached hydrogens (tertiary/aromatic N) is 1. The third-order valence-corrected chi connectivity index (χ3v) is 2.00. The quantitative estimate of drug-likeness (QED) is 0.562. The lowest BCUT2D eigenvalue weighted by atomic mass is 10.1. The zero-order valence-corrected chi connectivity index (χ0v) is 9.62. The summed E-state index contributed by atoms with van der Waals surface area (Å²) in [6, 6.07) is 1.99. The first kappa shape index (κ1) is 13.2. The first-order valence-electron chi connectivity index (χ1n) is 4.98. The molecule has 0 amide bonds. The number of nitrogens with two attached hydrogens (primary N) is 1. The topological polar surface area (TPSA) is 49.8 Å². The summed E-state index contributed by atoms with van der Waals surface area (Å²) in [4.78, 5) is 0. The molecule has 0 atom stereocenters. The van der Waals surface area contributed by atoms with E-state index in [-0.39, 0.29) is 0 Å². The summed E-state index contributed by atoms with van der Waals surface area (Å²) < 4.78 is 0. The predicted octanol–water partition coefficient (Wildman–Crippen LogP) is 3.21. The van der Waals surface area contributed by atoms with Crippen LogP contribution >= 0.6 is 0 Å². The predicted molar refractivity (Wildman–Crippen MR) is 64.8 cm³/mol. The van der Waals surface area contributed by atoms with E-state index in [1.165, 1.54) is 11.6 Å². The van der Waals surface area contributed by atoms with Gasteiger partial charge in [-0.1, -0.05) is 24.6 Å². The van der Waals surface area contributed by atoms with Crippen LogP contribution in [0.4, 0.5) is 0 Å². The van der Waals surface area contributed by atoms with Crippen molar-refractivity contribution in [2.75, 3.05) is 0 Å². The Kier molecular flexibility index (Phi) is 6.74. The molecule has 0 aromatic heterocycles. The highest BCUT2D eigenvalue weighted by Gasteiger charge is 1.91. The van der Waals surface area contributed by atoms with E-state index in [1.54, 1.807) is 0 Å². The maximum absolute atomic E-state index is 8.47. The van der Waals surface area contributed by atoms with Crippen molar-refractivity contribution in [1.29, 1.82) is 5.26 Å². The molecule has 0 unspecified atom stereocenters. The lowest BCUT2D eigenvalue weighted by Gasteiger charge is -1.99. The molecule has 0 aromatic carbocycles. The van der Waals surface area contributed by atoms with Crippen LogP contribution in [0.15, 0.2) is 47.2 Å². The van der Waals surface area contributed by atoms with E-state index in [9.17, 15) is 0 Å². The Labute approximate surface area is 92.1 Å². The molecule has 0 spiro atoms. The van der Waals surface area contributed by atoms with Gasteiger partial charge in [0, 0.05) is 11.8 Å². The van der Waals surface area contributed by atoms with Crippen LogP contribution in [0.5, 0.6) is 0 Å². The third kappa shape index (κ3) is 6.34. The Morgan fingerprint density at radius 1 is 1.33 bits per heavy atom. The van der Waals surface area contributed by atoms with E-state index in [1.807, 2.05) is 37.3 Å². The average molecular weight is 202 g/mol. The van der Waals surface area contributed by atoms with Gasteiger partial charge in [0.1, 0.15) is 0 Å². The van der Waals surface area contributed by atoms with E-state index >= 15 is 0 Å². The fraction of sp³-hybridized carbons (Fsp3) is 0.308. The Hall–Kier alpha value is -1.75. The molecule has 0 aliphatic heterocycles. The molecule has 0 heterocycles. The lowest BCUT2D eigenvalue weighted by molar-refractivity contribution is 1.08. The largest absolute Gasteiger partial charge is 0.402 e. The average Bonchev–Trinajstić information content (AvgIpc) is 2.21. The molecule has 0 saturated carbocycles. The van der Waals surface area contributed by atoms with Crippen molar-refractivity contribution in [1.82, 2.24) is 0 Å². The van der Waals surface area contributed by atoms with Crippen molar-refractivity contribution in [3.8, 4) is 6.07 Å². The van der Waals surface area contributed by atoms with Gasteiger partial charge in [-0.05, 0) is 38.0 Å². The minimum Gasteiger partial charge on any atom is -0.402 e. The number of rotatable bonds is 4. The number of hydrogen-bond acceptors (Lipinski definition) is 2. The van der Waals surface area contributed by atoms with Crippen molar-refractivity contribution in [3.63, 3.8) is 0 Å². The second-order valence-corrected chi connectivity index (χ2v) is 3.32. The van der Waals surface area contributed by atoms with Gasteiger partial charge < -0.3 is 5.73 Å². The zero-order chi connectivity index (χ0) is 11.7. The fourth-order valence-corrected chi connectivity index (χ4v) is 0.975. The molecule has 0 aromatic rings. The van der Waals surface area contributed by atoms with Gasteiger partial charge in [-0.15, -0.1) is 0 Å². The number of hydrogen-bond donors (Lipinski definition) is 1. The lowest BCUT2D eigenvalue weighted by Crippen LogP contribution is -1.88. The fourth-order valence-electron chi connectivity index (χ4n) is 0.975. The van der Waals surface area contributed by atoms with Crippen LogP contribution < -0.4 is 5.73 Å². The van der Waals surface area contributed by atoms with Crippen molar-refractivity contribution in [3.05, 3.63) is 47.2 Å². The molecule has 0 bridgehead atoms. The van der Waals surface area contributed by atoms with E-state index in [4.69, 9.17) is 11.0 Å². The smallest absolute Gasteiger partial charge is 0.0912 e. The summed E-state index contributed by atoms with van der Waals surface area (Å²) in [5, 5.41) is 8.47. The summed E-state index contributed by atoms with van der Waals surface area (Å²) in [7, 11) is 0. The van der Waals surface area contributed by atoms with Gasteiger partial charge in [-0.3, -0.25) is 0 Å². The van der Waals surface area contributed by atoms with Crippen molar-refractivity contribution in [2.45, 2.75) is 27.2 Å². The first-order valence-corrected chi connectivity index (χ1v) is 4.98. The van der Waals surface area contributed by atoms with Crippen LogP contribution in [-0.2, 0) is 0 Å². The van der Waals surface area contributed by atoms with Gasteiger partial charge >= 0.3 is 0 Å². The molecule has 2 nitrogen and oxygen atoms in total. The normalized spacial score (nSPS) is 14.4. The molecule has 2 N–H and O–H groups in total. The van der Waals surface area contributed by atoms with Gasteiger partial charge in [-0.25, -0.2) is 0 Å². The SMILES string of the molecule is CCC(C)=C(/C=C\C=C(/C)N)/C=C/C#N. The molecule has 2 heteroatoms. The standard InChI is InChI=1S/C13H18N2/c1-4-11(2)13(9-6-10-14)8-5-7-12(3)15/h5-9H,4,15H2,1-3H3/b8-5-,9-6+,12-7+,13-11?. The Morgan fingerprint density at radius 2 is 2.00 bits per heavy atom. The van der Waals surface area contributed by atoms with Crippen LogP contribution in [0, 0.1) is 11.3 Å². The Balaban J connectivity index is 4.85. The van der Waals surface area contributed by atoms with Gasteiger partial charge in [-0.2, -0.15) is 5.26 Å². The van der Waals surface area contributed by atoms with Crippen molar-refractivity contribution >= 4 is 0 Å². The van der Waals surface area contributed by atoms with E-state index in [0.717, 1.165) is 17.7 Å². The maximum atomic E-state index is 8.47. The van der Waals surface area contributed by atoms with Gasteiger partial charge in [0.05, 0.1) is 6.07 Å². The zero-order valence-electron chi connectivity index (χ0n) is 9.62. The third-order valence-electron chi connectivity index (χ3n) is 2.00. The summed E-state index contributed by atoms with van der Waals surface area (Å²) in [5.41, 5.74) is 8.60. The molecule has 0 radical (unpaired) electrons. The maximum Gasteiger partial charge on any atom is 0.0912 e. The molecule has 0 aliphatic rings. The molecule has 0 fully saturated rings. The van der Waals surface area contributed by atoms with Crippen molar-refractivity contribution in [2.24, 2.45) is 5.73 Å². The summed E-state index contributed by atoms with van der Waals surface area (Å²) in [5.74, 6) is 0. The number of allylic oxidation sites excluding steroid dienone is 8. The second-order valence-electron chi connectivity index (χ2n) is 3.32. The van der Waals surface area contributed by atoms with E-state index in [0.29, 0.717) is 0 Å². The highest BCUT2D eigenvalue weighted by molar-refractivity contribution is 5.38. The van der Waals surface area contributed by atoms with Gasteiger partial charge in [0.25, 0.3) is 0 Å². The number of nitriles is 1. The highest BCUT2D eigenvalue weighted by Crippen LogP contribution is 2.11. The van der Waals surface area contributed by atoms with Crippen LogP contribution in [0.3, 0.4) is 0 Å². The molecular weight excluding hydrogens is 184 g/mol.